The molecule has 0 aliphatic carbocycles. The first-order valence-corrected chi connectivity index (χ1v) is 11.6. The second-order valence-electron chi connectivity index (χ2n) is 8.24. The summed E-state index contributed by atoms with van der Waals surface area (Å²) < 4.78 is 13.6. The largest absolute Gasteiger partial charge is 0.546 e. The van der Waals surface area contributed by atoms with Crippen molar-refractivity contribution in [1.82, 2.24) is 4.57 Å². The molecule has 0 bridgehead atoms. The molecule has 0 fully saturated rings. The minimum Gasteiger partial charge on any atom is -0.546 e. The van der Waals surface area contributed by atoms with Crippen molar-refractivity contribution in [3.05, 3.63) is 93.6 Å². The van der Waals surface area contributed by atoms with Crippen LogP contribution in [0.15, 0.2) is 82.7 Å². The van der Waals surface area contributed by atoms with Crippen molar-refractivity contribution in [1.29, 1.82) is 0 Å². The molecule has 0 spiro atoms. The number of aromatic nitrogens is 1. The number of rotatable bonds is 9. The van der Waals surface area contributed by atoms with E-state index in [0.717, 1.165) is 27.1 Å². The molecule has 4 rings (SSSR count). The molecule has 35 heavy (non-hydrogen) atoms. The quantitative estimate of drug-likeness (QED) is 0.218. The van der Waals surface area contributed by atoms with Crippen molar-refractivity contribution in [2.24, 2.45) is 5.16 Å². The molecule has 8 nitrogen and oxygen atoms in total. The first kappa shape index (κ1) is 24.0. The van der Waals surface area contributed by atoms with Crippen LogP contribution in [-0.4, -0.2) is 33.7 Å². The Morgan fingerprint density at radius 2 is 1.71 bits per heavy atom. The molecular weight excluding hydrogens is 468 g/mol. The van der Waals surface area contributed by atoms with Gasteiger partial charge in [-0.15, -0.1) is 0 Å². The van der Waals surface area contributed by atoms with E-state index in [4.69, 9.17) is 9.47 Å². The molecule has 0 aliphatic rings. The number of aliphatic carboxylic acids is 1. The van der Waals surface area contributed by atoms with Crippen LogP contribution in [0, 0.1) is 0 Å². The molecule has 4 aromatic rings. The highest BCUT2D eigenvalue weighted by Gasteiger charge is 2.21. The smallest absolute Gasteiger partial charge is 0.308 e. The SMILES string of the molecule is CC(C)(Oc1ccc(OCCn2c(=O)sc3cc(/C(=N/O)c4ccccc4)ccc32)cc1)C(=O)[O-]. The lowest BCUT2D eigenvalue weighted by Gasteiger charge is -2.27. The van der Waals surface area contributed by atoms with Gasteiger partial charge in [0.05, 0.1) is 22.7 Å². The van der Waals surface area contributed by atoms with Crippen LogP contribution in [0.25, 0.3) is 10.2 Å². The molecule has 1 N–H and O–H groups in total. The molecule has 0 atom stereocenters. The lowest BCUT2D eigenvalue weighted by molar-refractivity contribution is -0.320. The Balaban J connectivity index is 1.44. The zero-order valence-corrected chi connectivity index (χ0v) is 20.0. The van der Waals surface area contributed by atoms with E-state index in [-0.39, 0.29) is 11.5 Å². The van der Waals surface area contributed by atoms with Crippen LogP contribution in [0.2, 0.25) is 0 Å². The number of carbonyl (C=O) groups is 1. The first-order valence-electron chi connectivity index (χ1n) is 10.8. The number of carbonyl (C=O) groups excluding carboxylic acids is 1. The van der Waals surface area contributed by atoms with Gasteiger partial charge < -0.3 is 24.6 Å². The molecular formula is C26H23N2O6S-. The highest BCUT2D eigenvalue weighted by molar-refractivity contribution is 7.16. The van der Waals surface area contributed by atoms with Gasteiger partial charge in [-0.3, -0.25) is 9.36 Å². The van der Waals surface area contributed by atoms with Crippen molar-refractivity contribution in [2.45, 2.75) is 26.0 Å². The summed E-state index contributed by atoms with van der Waals surface area (Å²) in [6, 6.07) is 21.4. The number of nitrogens with zero attached hydrogens (tertiary/aromatic N) is 2. The maximum atomic E-state index is 12.6. The third-order valence-corrected chi connectivity index (χ3v) is 6.30. The van der Waals surface area contributed by atoms with Crippen molar-refractivity contribution in [3.8, 4) is 11.5 Å². The second-order valence-corrected chi connectivity index (χ2v) is 9.23. The van der Waals surface area contributed by atoms with Crippen molar-refractivity contribution < 1.29 is 24.6 Å². The summed E-state index contributed by atoms with van der Waals surface area (Å²) in [7, 11) is 0. The van der Waals surface area contributed by atoms with Crippen LogP contribution in [0.1, 0.15) is 25.0 Å². The third-order valence-electron chi connectivity index (χ3n) is 5.36. The Bertz CT molecular complexity index is 1420. The average Bonchev–Trinajstić information content (AvgIpc) is 3.15. The van der Waals surface area contributed by atoms with Gasteiger partial charge in [-0.05, 0) is 50.2 Å². The molecule has 3 aromatic carbocycles. The predicted octanol–water partition coefficient (Wildman–Crippen LogP) is 3.28. The number of oxime groups is 1. The average molecular weight is 492 g/mol. The number of carboxylic acids is 1. The van der Waals surface area contributed by atoms with Gasteiger partial charge in [0.1, 0.15) is 29.4 Å². The van der Waals surface area contributed by atoms with Crippen LogP contribution in [0.5, 0.6) is 11.5 Å². The zero-order valence-electron chi connectivity index (χ0n) is 19.1. The summed E-state index contributed by atoms with van der Waals surface area (Å²) >= 11 is 1.12. The molecule has 0 saturated heterocycles. The number of hydrogen-bond donors (Lipinski definition) is 1. The zero-order chi connectivity index (χ0) is 25.0. The molecule has 180 valence electrons. The lowest BCUT2D eigenvalue weighted by atomic mass is 10.0. The fourth-order valence-corrected chi connectivity index (χ4v) is 4.46. The third kappa shape index (κ3) is 5.36. The van der Waals surface area contributed by atoms with Crippen LogP contribution >= 0.6 is 11.3 Å². The van der Waals surface area contributed by atoms with Crippen LogP contribution in [-0.2, 0) is 11.3 Å². The van der Waals surface area contributed by atoms with Gasteiger partial charge >= 0.3 is 4.87 Å². The summed E-state index contributed by atoms with van der Waals surface area (Å²) in [4.78, 5) is 23.6. The van der Waals surface area contributed by atoms with Gasteiger partial charge in [0.2, 0.25) is 0 Å². The van der Waals surface area contributed by atoms with Crippen molar-refractivity contribution in [3.63, 3.8) is 0 Å². The van der Waals surface area contributed by atoms with Crippen molar-refractivity contribution in [2.75, 3.05) is 6.61 Å². The van der Waals surface area contributed by atoms with E-state index >= 15 is 0 Å². The predicted molar refractivity (Wildman–Crippen MR) is 132 cm³/mol. The molecule has 1 aromatic heterocycles. The van der Waals surface area contributed by atoms with E-state index in [2.05, 4.69) is 5.16 Å². The van der Waals surface area contributed by atoms with Crippen LogP contribution in [0.4, 0.5) is 0 Å². The van der Waals surface area contributed by atoms with Gasteiger partial charge in [0.25, 0.3) is 0 Å². The molecule has 9 heteroatoms. The maximum absolute atomic E-state index is 12.6. The molecule has 1 heterocycles. The molecule has 0 saturated carbocycles. The number of carboxylic acid groups (broad SMARTS) is 1. The minimum atomic E-state index is -1.45. The lowest BCUT2D eigenvalue weighted by Crippen LogP contribution is -2.47. The standard InChI is InChI=1S/C26H24N2O6S/c1-26(2,24(29)30)34-20-11-9-19(10-12-20)33-15-14-28-21-13-8-18(16-22(21)35-25(28)31)23(27-32)17-6-4-3-5-7-17/h3-13,16,32H,14-15H2,1-2H3,(H,29,30)/p-1/b27-23+. The highest BCUT2D eigenvalue weighted by Crippen LogP contribution is 2.23. The van der Waals surface area contributed by atoms with E-state index < -0.39 is 11.6 Å². The summed E-state index contributed by atoms with van der Waals surface area (Å²) in [6.45, 7) is 3.43. The molecule has 0 amide bonds. The van der Waals surface area contributed by atoms with E-state index in [1.54, 1.807) is 28.8 Å². The van der Waals surface area contributed by atoms with Crippen LogP contribution in [0.3, 0.4) is 0 Å². The number of thiazole rings is 1. The summed E-state index contributed by atoms with van der Waals surface area (Å²) in [5.74, 6) is -0.368. The normalized spacial score (nSPS) is 12.0. The number of ether oxygens (including phenoxy) is 2. The number of fused-ring (bicyclic) bond motifs is 1. The number of hydrogen-bond acceptors (Lipinski definition) is 8. The van der Waals surface area contributed by atoms with E-state index in [9.17, 15) is 19.9 Å². The summed E-state index contributed by atoms with van der Waals surface area (Å²) in [5, 5.41) is 24.1. The Hall–Kier alpha value is -4.11. The maximum Gasteiger partial charge on any atom is 0.308 e. The fraction of sp³-hybridized carbons (Fsp3) is 0.192. The van der Waals surface area contributed by atoms with Gasteiger partial charge in [-0.2, -0.15) is 0 Å². The van der Waals surface area contributed by atoms with Gasteiger partial charge in [0, 0.05) is 11.1 Å². The van der Waals surface area contributed by atoms with E-state index in [1.807, 2.05) is 48.5 Å². The Kier molecular flexibility index (Phi) is 6.88. The van der Waals surface area contributed by atoms with Gasteiger partial charge in [-0.1, -0.05) is 52.9 Å². The first-order chi connectivity index (χ1) is 16.8. The molecule has 0 unspecified atom stereocenters. The fourth-order valence-electron chi connectivity index (χ4n) is 3.50. The van der Waals surface area contributed by atoms with Gasteiger partial charge in [-0.25, -0.2) is 0 Å². The Morgan fingerprint density at radius 3 is 2.37 bits per heavy atom. The van der Waals surface area contributed by atoms with Gasteiger partial charge in [0.15, 0.2) is 0 Å². The van der Waals surface area contributed by atoms with Crippen LogP contribution < -0.4 is 19.5 Å². The summed E-state index contributed by atoms with van der Waals surface area (Å²) in [5.41, 5.74) is 1.23. The topological polar surface area (TPSA) is 113 Å². The Labute approximate surface area is 205 Å². The minimum absolute atomic E-state index is 0.115. The molecule has 0 aliphatic heterocycles. The van der Waals surface area contributed by atoms with E-state index in [1.165, 1.54) is 13.8 Å². The molecule has 0 radical (unpaired) electrons. The monoisotopic (exact) mass is 491 g/mol. The highest BCUT2D eigenvalue weighted by atomic mass is 32.1. The van der Waals surface area contributed by atoms with E-state index in [0.29, 0.717) is 29.3 Å². The second kappa shape index (κ2) is 10.0. The summed E-state index contributed by atoms with van der Waals surface area (Å²) in [6.07, 6.45) is 0. The van der Waals surface area contributed by atoms with Crippen molar-refractivity contribution >= 4 is 33.2 Å². The number of benzene rings is 3. The Morgan fingerprint density at radius 1 is 1.03 bits per heavy atom.